The lowest BCUT2D eigenvalue weighted by Gasteiger charge is -2.28. The second-order valence-corrected chi connectivity index (χ2v) is 16.5. The zero-order chi connectivity index (χ0) is 39.8. The fraction of sp³-hybridized carbons (Fsp3) is 0.614. The van der Waals surface area contributed by atoms with Crippen molar-refractivity contribution in [2.45, 2.75) is 135 Å². The Kier molecular flexibility index (Phi) is 17.3. The summed E-state index contributed by atoms with van der Waals surface area (Å²) in [6.07, 6.45) is 7.56. The van der Waals surface area contributed by atoms with Crippen LogP contribution in [-0.2, 0) is 41.6 Å². The van der Waals surface area contributed by atoms with Crippen LogP contribution in [0.5, 0.6) is 0 Å². The van der Waals surface area contributed by atoms with E-state index in [0.717, 1.165) is 43.6 Å². The first-order chi connectivity index (χ1) is 26.3. The average Bonchev–Trinajstić information content (AvgIpc) is 3.92. The Morgan fingerprint density at radius 2 is 1.20 bits per heavy atom. The number of nitrogens with zero attached hydrogens (tertiary/aromatic N) is 1. The normalized spacial score (nSPS) is 19.2. The summed E-state index contributed by atoms with van der Waals surface area (Å²) in [5, 5.41) is 11.8. The van der Waals surface area contributed by atoms with Gasteiger partial charge in [0.05, 0.1) is 12.6 Å². The van der Waals surface area contributed by atoms with Gasteiger partial charge in [0.15, 0.2) is 5.78 Å². The summed E-state index contributed by atoms with van der Waals surface area (Å²) in [4.78, 5) is 71.2. The summed E-state index contributed by atoms with van der Waals surface area (Å²) in [5.41, 5.74) is 0.951. The number of Topliss-reactive ketones (excluding diaryl/α,β-unsaturated/α-hetero) is 1. The molecule has 0 aliphatic carbocycles. The highest BCUT2D eigenvalue weighted by atomic mass is 16.6. The number of hydrogen-bond donors (Lipinski definition) is 4. The third-order valence-corrected chi connectivity index (χ3v) is 10.5. The van der Waals surface area contributed by atoms with E-state index in [9.17, 15) is 24.0 Å². The number of nitrogens with one attached hydrogen (secondary N) is 4. The molecule has 0 spiro atoms. The van der Waals surface area contributed by atoms with E-state index in [0.29, 0.717) is 38.7 Å². The topological polar surface area (TPSA) is 149 Å². The van der Waals surface area contributed by atoms with E-state index in [-0.39, 0.29) is 29.9 Å². The Hall–Kier alpha value is -4.09. The Balaban J connectivity index is 1.46. The Labute approximate surface area is 328 Å². The van der Waals surface area contributed by atoms with Crippen molar-refractivity contribution in [3.63, 3.8) is 0 Å². The van der Waals surface area contributed by atoms with Gasteiger partial charge < -0.3 is 30.9 Å². The molecule has 11 heteroatoms. The van der Waals surface area contributed by atoms with Gasteiger partial charge in [0.25, 0.3) is 0 Å². The number of ether oxygens (including phenoxy) is 1. The molecule has 0 saturated carbocycles. The molecule has 11 nitrogen and oxygen atoms in total. The number of ketones is 1. The van der Waals surface area contributed by atoms with Crippen molar-refractivity contribution in [3.05, 3.63) is 71.8 Å². The predicted octanol–water partition coefficient (Wildman–Crippen LogP) is 4.91. The number of amides is 4. The molecule has 2 aromatic rings. The molecule has 55 heavy (non-hydrogen) atoms. The van der Waals surface area contributed by atoms with Crippen molar-refractivity contribution in [2.24, 2.45) is 11.8 Å². The number of piperidine rings is 1. The van der Waals surface area contributed by atoms with Crippen LogP contribution in [-0.4, -0.2) is 90.3 Å². The number of aryl methyl sites for hydroxylation is 1. The van der Waals surface area contributed by atoms with Crippen LogP contribution in [0.1, 0.15) is 104 Å². The van der Waals surface area contributed by atoms with E-state index in [4.69, 9.17) is 4.74 Å². The van der Waals surface area contributed by atoms with Gasteiger partial charge in [0.2, 0.25) is 23.6 Å². The van der Waals surface area contributed by atoms with Crippen molar-refractivity contribution in [1.29, 1.82) is 0 Å². The molecule has 2 heterocycles. The van der Waals surface area contributed by atoms with E-state index < -0.39 is 47.5 Å². The third kappa shape index (κ3) is 15.2. The van der Waals surface area contributed by atoms with Gasteiger partial charge in [-0.15, -0.1) is 0 Å². The lowest BCUT2D eigenvalue weighted by molar-refractivity contribution is -0.135. The molecular weight excluding hydrogens is 695 g/mol. The molecule has 2 fully saturated rings. The van der Waals surface area contributed by atoms with Crippen LogP contribution in [0.4, 0.5) is 0 Å². The van der Waals surface area contributed by atoms with Crippen LogP contribution in [0.3, 0.4) is 0 Å². The SMILES string of the molecule is CC(C)C[C@H](NC(=O)[C@H](CCc1ccccc1)NC(=O)CCCCN1CCCCC1)C(=O)N[C@@H](Cc1ccccc1)C(=O)N[C@@H](CC(C)C)C(=O)[C@@]1(C)CO1. The minimum absolute atomic E-state index is 0.0297. The summed E-state index contributed by atoms with van der Waals surface area (Å²) in [6, 6.07) is 15.5. The summed E-state index contributed by atoms with van der Waals surface area (Å²) in [5.74, 6) is -1.65. The van der Waals surface area contributed by atoms with Gasteiger partial charge in [-0.05, 0) is 101 Å². The number of unbranched alkanes of at least 4 members (excludes halogenated alkanes) is 1. The summed E-state index contributed by atoms with van der Waals surface area (Å²) in [6.45, 7) is 13.1. The van der Waals surface area contributed by atoms with Crippen LogP contribution in [0, 0.1) is 11.8 Å². The van der Waals surface area contributed by atoms with Crippen LogP contribution >= 0.6 is 0 Å². The molecule has 0 radical (unpaired) electrons. The van der Waals surface area contributed by atoms with Gasteiger partial charge in [0.1, 0.15) is 23.7 Å². The number of likely N-dealkylation sites (tertiary alicyclic amines) is 1. The Bertz CT molecular complexity index is 1520. The molecule has 2 aliphatic heterocycles. The number of rotatable bonds is 23. The standard InChI is InChI=1S/C44H65N5O6/c1-31(2)27-36(40(51)44(5)30-55-44)46-43(54)38(29-34-19-11-7-12-20-34)48-42(53)37(28-32(3)4)47-41(52)35(23-22-33-17-9-6-10-18-33)45-39(50)21-13-16-26-49-24-14-8-15-25-49/h6-7,9-12,17-20,31-32,35-38H,8,13-16,21-30H2,1-5H3,(H,45,50)(H,46,54)(H,47,52)(H,48,53)/t35-,36-,37-,38-,44+/m0/s1. The van der Waals surface area contributed by atoms with Crippen LogP contribution in [0.2, 0.25) is 0 Å². The zero-order valence-corrected chi connectivity index (χ0v) is 33.7. The van der Waals surface area contributed by atoms with Crippen molar-refractivity contribution in [3.8, 4) is 0 Å². The highest BCUT2D eigenvalue weighted by Gasteiger charge is 2.50. The molecule has 2 saturated heterocycles. The van der Waals surface area contributed by atoms with Crippen molar-refractivity contribution < 1.29 is 28.7 Å². The minimum atomic E-state index is -1.02. The Morgan fingerprint density at radius 1 is 0.673 bits per heavy atom. The van der Waals surface area contributed by atoms with Gasteiger partial charge in [-0.1, -0.05) is 94.8 Å². The summed E-state index contributed by atoms with van der Waals surface area (Å²) in [7, 11) is 0. The van der Waals surface area contributed by atoms with Gasteiger partial charge in [-0.25, -0.2) is 0 Å². The highest BCUT2D eigenvalue weighted by molar-refractivity contribution is 5.98. The first-order valence-electron chi connectivity index (χ1n) is 20.5. The molecule has 4 N–H and O–H groups in total. The first kappa shape index (κ1) is 43.6. The van der Waals surface area contributed by atoms with E-state index in [1.54, 1.807) is 6.92 Å². The summed E-state index contributed by atoms with van der Waals surface area (Å²) < 4.78 is 5.42. The van der Waals surface area contributed by atoms with E-state index in [2.05, 4.69) is 26.2 Å². The van der Waals surface area contributed by atoms with Crippen LogP contribution in [0.15, 0.2) is 60.7 Å². The molecule has 5 atom stereocenters. The third-order valence-electron chi connectivity index (χ3n) is 10.5. The maximum Gasteiger partial charge on any atom is 0.243 e. The fourth-order valence-electron chi connectivity index (χ4n) is 7.20. The maximum atomic E-state index is 14.1. The largest absolute Gasteiger partial charge is 0.361 e. The minimum Gasteiger partial charge on any atom is -0.361 e. The molecule has 2 aliphatic rings. The van der Waals surface area contributed by atoms with Gasteiger partial charge >= 0.3 is 0 Å². The molecule has 302 valence electrons. The molecule has 2 aromatic carbocycles. The van der Waals surface area contributed by atoms with Gasteiger partial charge in [-0.2, -0.15) is 0 Å². The molecule has 4 amide bonds. The van der Waals surface area contributed by atoms with Gasteiger partial charge in [0, 0.05) is 12.8 Å². The summed E-state index contributed by atoms with van der Waals surface area (Å²) >= 11 is 0. The second kappa shape index (κ2) is 21.9. The lowest BCUT2D eigenvalue weighted by Crippen LogP contribution is -2.59. The quantitative estimate of drug-likeness (QED) is 0.0930. The molecule has 0 bridgehead atoms. The van der Waals surface area contributed by atoms with Crippen LogP contribution in [0.25, 0.3) is 0 Å². The number of epoxide rings is 1. The van der Waals surface area contributed by atoms with Crippen LogP contribution < -0.4 is 21.3 Å². The smallest absolute Gasteiger partial charge is 0.243 e. The highest BCUT2D eigenvalue weighted by Crippen LogP contribution is 2.29. The second-order valence-electron chi connectivity index (χ2n) is 16.5. The van der Waals surface area contributed by atoms with Crippen molar-refractivity contribution in [2.75, 3.05) is 26.2 Å². The molecule has 0 aromatic heterocycles. The van der Waals surface area contributed by atoms with Gasteiger partial charge in [-0.3, -0.25) is 24.0 Å². The fourth-order valence-corrected chi connectivity index (χ4v) is 7.20. The number of carbonyl (C=O) groups is 5. The number of carbonyl (C=O) groups excluding carboxylic acids is 5. The maximum absolute atomic E-state index is 14.1. The van der Waals surface area contributed by atoms with E-state index >= 15 is 0 Å². The average molecular weight is 760 g/mol. The van der Waals surface area contributed by atoms with Crippen molar-refractivity contribution >= 4 is 29.4 Å². The monoisotopic (exact) mass is 759 g/mol. The Morgan fingerprint density at radius 3 is 1.80 bits per heavy atom. The van der Waals surface area contributed by atoms with E-state index in [1.807, 2.05) is 88.4 Å². The van der Waals surface area contributed by atoms with Crippen molar-refractivity contribution in [1.82, 2.24) is 26.2 Å². The molecular formula is C44H65N5O6. The molecule has 0 unspecified atom stereocenters. The zero-order valence-electron chi connectivity index (χ0n) is 33.7. The first-order valence-corrected chi connectivity index (χ1v) is 20.5. The lowest BCUT2D eigenvalue weighted by atomic mass is 9.93. The number of hydrogen-bond acceptors (Lipinski definition) is 7. The predicted molar refractivity (Wildman–Crippen MR) is 215 cm³/mol. The molecule has 4 rings (SSSR count). The van der Waals surface area contributed by atoms with E-state index in [1.165, 1.54) is 19.3 Å². The number of benzene rings is 2.